The Morgan fingerprint density at radius 2 is 1.40 bits per heavy atom. The predicted octanol–water partition coefficient (Wildman–Crippen LogP) is 1.80. The molecule has 6 nitrogen and oxygen atoms in total. The highest BCUT2D eigenvalue weighted by molar-refractivity contribution is 5.66. The molecule has 0 saturated carbocycles. The number of esters is 2. The molecule has 1 aliphatic rings. The summed E-state index contributed by atoms with van der Waals surface area (Å²) in [5.41, 5.74) is 0. The zero-order chi connectivity index (χ0) is 15.2. The maximum Gasteiger partial charge on any atom is 0.302 e. The molecule has 6 heteroatoms. The molecule has 0 aromatic rings. The molecule has 0 N–H and O–H groups in total. The van der Waals surface area contributed by atoms with Crippen molar-refractivity contribution in [3.8, 4) is 0 Å². The van der Waals surface area contributed by atoms with Gasteiger partial charge in [-0.25, -0.2) is 0 Å². The van der Waals surface area contributed by atoms with Crippen LogP contribution < -0.4 is 0 Å². The lowest BCUT2D eigenvalue weighted by atomic mass is 10.0. The van der Waals surface area contributed by atoms with Crippen LogP contribution >= 0.6 is 0 Å². The first kappa shape index (κ1) is 16.9. The smallest absolute Gasteiger partial charge is 0.302 e. The van der Waals surface area contributed by atoms with Gasteiger partial charge in [-0.15, -0.1) is 0 Å². The fourth-order valence-electron chi connectivity index (χ4n) is 2.24. The lowest BCUT2D eigenvalue weighted by Gasteiger charge is -2.40. The van der Waals surface area contributed by atoms with Gasteiger partial charge in [-0.05, 0) is 13.8 Å². The van der Waals surface area contributed by atoms with Gasteiger partial charge in [0, 0.05) is 33.1 Å². The molecule has 0 aromatic carbocycles. The van der Waals surface area contributed by atoms with Crippen molar-refractivity contribution < 1.29 is 28.5 Å². The number of hydrogen-bond donors (Lipinski definition) is 0. The van der Waals surface area contributed by atoms with Gasteiger partial charge >= 0.3 is 11.9 Å². The maximum atomic E-state index is 10.7. The second-order valence-electron chi connectivity index (χ2n) is 5.37. The molecule has 1 aliphatic heterocycles. The number of carbonyl (C=O) groups is 2. The van der Waals surface area contributed by atoms with Gasteiger partial charge in [-0.3, -0.25) is 9.59 Å². The summed E-state index contributed by atoms with van der Waals surface area (Å²) < 4.78 is 21.4. The van der Waals surface area contributed by atoms with Gasteiger partial charge in [0.05, 0.1) is 25.4 Å². The van der Waals surface area contributed by atoms with Crippen LogP contribution in [-0.4, -0.2) is 43.1 Å². The van der Waals surface area contributed by atoms with Crippen LogP contribution in [-0.2, 0) is 28.5 Å². The summed E-state index contributed by atoms with van der Waals surface area (Å²) in [4.78, 5) is 21.5. The molecule has 0 aliphatic carbocycles. The summed E-state index contributed by atoms with van der Waals surface area (Å²) in [6, 6.07) is 0. The Hall–Kier alpha value is -1.14. The standard InChI is InChI=1S/C14H24O6/c1-10(15)17-7-5-12-9-13(6-8-18-11(2)16)20-14(3,4)19-12/h12-13H,5-9H2,1-4H3/t12-,13+. The van der Waals surface area contributed by atoms with E-state index in [-0.39, 0.29) is 24.1 Å². The summed E-state index contributed by atoms with van der Waals surface area (Å²) >= 11 is 0. The van der Waals surface area contributed by atoms with E-state index in [0.717, 1.165) is 0 Å². The Labute approximate surface area is 119 Å². The average Bonchev–Trinajstić information content (AvgIpc) is 2.25. The largest absolute Gasteiger partial charge is 0.466 e. The highest BCUT2D eigenvalue weighted by atomic mass is 16.7. The SMILES string of the molecule is CC(=O)OCC[C@@H]1C[C@H](CCOC(C)=O)OC(C)(C)O1. The van der Waals surface area contributed by atoms with Crippen LogP contribution in [0.15, 0.2) is 0 Å². The molecule has 2 atom stereocenters. The van der Waals surface area contributed by atoms with E-state index in [9.17, 15) is 9.59 Å². The molecule has 116 valence electrons. The second-order valence-corrected chi connectivity index (χ2v) is 5.37. The minimum absolute atomic E-state index is 0.0274. The van der Waals surface area contributed by atoms with Crippen molar-refractivity contribution in [2.45, 2.75) is 65.0 Å². The molecule has 0 spiro atoms. The molecule has 0 amide bonds. The Kier molecular flexibility index (Phi) is 6.42. The van der Waals surface area contributed by atoms with Crippen LogP contribution in [0, 0.1) is 0 Å². The fourth-order valence-corrected chi connectivity index (χ4v) is 2.24. The topological polar surface area (TPSA) is 71.1 Å². The number of rotatable bonds is 6. The summed E-state index contributed by atoms with van der Waals surface area (Å²) in [6.45, 7) is 7.15. The molecule has 1 saturated heterocycles. The van der Waals surface area contributed by atoms with E-state index in [4.69, 9.17) is 18.9 Å². The van der Waals surface area contributed by atoms with Gasteiger partial charge in [-0.2, -0.15) is 0 Å². The first-order chi connectivity index (χ1) is 9.28. The van der Waals surface area contributed by atoms with Crippen LogP contribution in [0.25, 0.3) is 0 Å². The van der Waals surface area contributed by atoms with Crippen molar-refractivity contribution in [2.75, 3.05) is 13.2 Å². The third kappa shape index (κ3) is 6.86. The van der Waals surface area contributed by atoms with Gasteiger partial charge < -0.3 is 18.9 Å². The van der Waals surface area contributed by atoms with Crippen molar-refractivity contribution in [1.29, 1.82) is 0 Å². The zero-order valence-electron chi connectivity index (χ0n) is 12.6. The lowest BCUT2D eigenvalue weighted by Crippen LogP contribution is -2.45. The first-order valence-corrected chi connectivity index (χ1v) is 6.91. The van der Waals surface area contributed by atoms with E-state index in [1.54, 1.807) is 0 Å². The molecule has 0 unspecified atom stereocenters. The summed E-state index contributed by atoms with van der Waals surface area (Å²) in [5.74, 6) is -1.26. The van der Waals surface area contributed by atoms with Crippen LogP contribution in [0.3, 0.4) is 0 Å². The molecule has 1 fully saturated rings. The number of hydrogen-bond acceptors (Lipinski definition) is 6. The molecule has 0 bridgehead atoms. The third-order valence-electron chi connectivity index (χ3n) is 2.92. The predicted molar refractivity (Wildman–Crippen MR) is 70.9 cm³/mol. The number of ether oxygens (including phenoxy) is 4. The van der Waals surface area contributed by atoms with Gasteiger partial charge in [-0.1, -0.05) is 0 Å². The molecular formula is C14H24O6. The van der Waals surface area contributed by atoms with Crippen molar-refractivity contribution in [3.63, 3.8) is 0 Å². The van der Waals surface area contributed by atoms with Gasteiger partial charge in [0.1, 0.15) is 0 Å². The summed E-state index contributed by atoms with van der Waals surface area (Å²) in [7, 11) is 0. The number of carbonyl (C=O) groups excluding carboxylic acids is 2. The Bertz CT molecular complexity index is 309. The van der Waals surface area contributed by atoms with E-state index >= 15 is 0 Å². The normalized spacial score (nSPS) is 25.0. The van der Waals surface area contributed by atoms with E-state index < -0.39 is 5.79 Å². The van der Waals surface area contributed by atoms with E-state index in [1.807, 2.05) is 13.8 Å². The van der Waals surface area contributed by atoms with Crippen LogP contribution in [0.4, 0.5) is 0 Å². The summed E-state index contributed by atoms with van der Waals surface area (Å²) in [5, 5.41) is 0. The molecule has 0 aromatic heterocycles. The Morgan fingerprint density at radius 3 is 1.75 bits per heavy atom. The van der Waals surface area contributed by atoms with Crippen molar-refractivity contribution in [1.82, 2.24) is 0 Å². The maximum absolute atomic E-state index is 10.7. The second kappa shape index (κ2) is 7.59. The van der Waals surface area contributed by atoms with E-state index in [0.29, 0.717) is 32.5 Å². The molecule has 0 radical (unpaired) electrons. The quantitative estimate of drug-likeness (QED) is 0.694. The third-order valence-corrected chi connectivity index (χ3v) is 2.92. The zero-order valence-corrected chi connectivity index (χ0v) is 12.6. The van der Waals surface area contributed by atoms with Crippen LogP contribution in [0.5, 0.6) is 0 Å². The highest BCUT2D eigenvalue weighted by Crippen LogP contribution is 2.29. The lowest BCUT2D eigenvalue weighted by molar-refractivity contribution is -0.302. The van der Waals surface area contributed by atoms with Crippen LogP contribution in [0.1, 0.15) is 47.0 Å². The Morgan fingerprint density at radius 1 is 1.00 bits per heavy atom. The molecule has 20 heavy (non-hydrogen) atoms. The van der Waals surface area contributed by atoms with Gasteiger partial charge in [0.15, 0.2) is 5.79 Å². The van der Waals surface area contributed by atoms with Crippen molar-refractivity contribution in [3.05, 3.63) is 0 Å². The van der Waals surface area contributed by atoms with Crippen molar-refractivity contribution in [2.24, 2.45) is 0 Å². The Balaban J connectivity index is 2.39. The molecule has 1 heterocycles. The van der Waals surface area contributed by atoms with E-state index in [2.05, 4.69) is 0 Å². The first-order valence-electron chi connectivity index (χ1n) is 6.91. The van der Waals surface area contributed by atoms with E-state index in [1.165, 1.54) is 13.8 Å². The van der Waals surface area contributed by atoms with Gasteiger partial charge in [0.2, 0.25) is 0 Å². The molecular weight excluding hydrogens is 264 g/mol. The van der Waals surface area contributed by atoms with Gasteiger partial charge in [0.25, 0.3) is 0 Å². The average molecular weight is 288 g/mol. The molecule has 1 rings (SSSR count). The van der Waals surface area contributed by atoms with Crippen molar-refractivity contribution >= 4 is 11.9 Å². The highest BCUT2D eigenvalue weighted by Gasteiger charge is 2.35. The minimum Gasteiger partial charge on any atom is -0.466 e. The fraction of sp³-hybridized carbons (Fsp3) is 0.857. The monoisotopic (exact) mass is 288 g/mol. The van der Waals surface area contributed by atoms with Crippen LogP contribution in [0.2, 0.25) is 0 Å². The summed E-state index contributed by atoms with van der Waals surface area (Å²) in [6.07, 6.45) is 1.92. The minimum atomic E-state index is -0.681.